The van der Waals surface area contributed by atoms with Crippen molar-refractivity contribution in [2.45, 2.75) is 181 Å². The number of imide groups is 1. The van der Waals surface area contributed by atoms with Gasteiger partial charge in [0.25, 0.3) is 11.8 Å². The van der Waals surface area contributed by atoms with E-state index in [0.29, 0.717) is 17.9 Å². The van der Waals surface area contributed by atoms with E-state index in [1.54, 1.807) is 20.8 Å². The third-order valence-corrected chi connectivity index (χ3v) is 7.07. The summed E-state index contributed by atoms with van der Waals surface area (Å²) in [5.41, 5.74) is -1.19. The Morgan fingerprint density at radius 1 is 0.622 bits per heavy atom. The predicted molar refractivity (Wildman–Crippen MR) is 169 cm³/mol. The first-order chi connectivity index (χ1) is 21.1. The number of ether oxygens (including phenoxy) is 2. The molecule has 0 spiro atoms. The van der Waals surface area contributed by atoms with Crippen LogP contribution in [0, 0.1) is 0 Å². The lowest BCUT2D eigenvalue weighted by Gasteiger charge is -2.24. The molecule has 0 aromatic carbocycles. The molecule has 1 aliphatic rings. The van der Waals surface area contributed by atoms with Gasteiger partial charge in [0.2, 0.25) is 5.91 Å². The molecule has 0 aromatic rings. The maximum Gasteiger partial charge on any atom is 0.333 e. The number of hydroxylamine groups is 2. The van der Waals surface area contributed by atoms with Crippen molar-refractivity contribution in [3.05, 3.63) is 0 Å². The number of amides is 3. The van der Waals surface area contributed by atoms with Gasteiger partial charge in [-0.3, -0.25) is 19.2 Å². The van der Waals surface area contributed by atoms with Gasteiger partial charge in [-0.25, -0.2) is 9.59 Å². The van der Waals surface area contributed by atoms with Gasteiger partial charge in [0.05, 0.1) is 6.42 Å². The van der Waals surface area contributed by atoms with Crippen LogP contribution in [0.3, 0.4) is 0 Å². The monoisotopic (exact) mass is 638 g/mol. The fraction of sp³-hybridized carbons (Fsp3) is 0.824. The number of carbonyl (C=O) groups excluding carboxylic acids is 6. The van der Waals surface area contributed by atoms with E-state index in [9.17, 15) is 28.8 Å². The molecule has 1 saturated heterocycles. The Labute approximate surface area is 269 Å². The van der Waals surface area contributed by atoms with Crippen molar-refractivity contribution in [3.8, 4) is 0 Å². The average Bonchev–Trinajstić information content (AvgIpc) is 3.23. The van der Waals surface area contributed by atoms with E-state index in [2.05, 4.69) is 5.32 Å². The normalized spacial score (nSPS) is 14.3. The third-order valence-electron chi connectivity index (χ3n) is 7.07. The Morgan fingerprint density at radius 2 is 1.04 bits per heavy atom. The minimum Gasteiger partial charge on any atom is -0.460 e. The van der Waals surface area contributed by atoms with E-state index in [1.165, 1.54) is 38.5 Å². The van der Waals surface area contributed by atoms with Crippen LogP contribution in [0.2, 0.25) is 0 Å². The quantitative estimate of drug-likeness (QED) is 0.0809. The molecule has 0 aromatic heterocycles. The molecule has 1 heterocycles. The van der Waals surface area contributed by atoms with E-state index >= 15 is 0 Å². The average molecular weight is 639 g/mol. The molecule has 3 amide bonds. The second-order valence-electron chi connectivity index (χ2n) is 13.9. The maximum atomic E-state index is 12.7. The molecule has 0 saturated carbocycles. The predicted octanol–water partition coefficient (Wildman–Crippen LogP) is 6.39. The van der Waals surface area contributed by atoms with Crippen LogP contribution in [0.5, 0.6) is 0 Å². The largest absolute Gasteiger partial charge is 0.460 e. The molecule has 0 unspecified atom stereocenters. The van der Waals surface area contributed by atoms with Crippen molar-refractivity contribution < 1.29 is 43.1 Å². The molecule has 258 valence electrons. The van der Waals surface area contributed by atoms with Gasteiger partial charge < -0.3 is 19.6 Å². The van der Waals surface area contributed by atoms with Gasteiger partial charge >= 0.3 is 17.9 Å². The highest BCUT2D eigenvalue weighted by Crippen LogP contribution is 2.17. The topological polar surface area (TPSA) is 145 Å². The summed E-state index contributed by atoms with van der Waals surface area (Å²) >= 11 is 0. The van der Waals surface area contributed by atoms with Crippen LogP contribution in [-0.2, 0) is 43.1 Å². The van der Waals surface area contributed by atoms with Gasteiger partial charge in [0.15, 0.2) is 0 Å². The highest BCUT2D eigenvalue weighted by Gasteiger charge is 2.33. The fourth-order valence-electron chi connectivity index (χ4n) is 4.85. The van der Waals surface area contributed by atoms with Gasteiger partial charge in [-0.2, -0.15) is 0 Å². The highest BCUT2D eigenvalue weighted by molar-refractivity contribution is 6.01. The summed E-state index contributed by atoms with van der Waals surface area (Å²) in [7, 11) is 0. The minimum absolute atomic E-state index is 0.00932. The Morgan fingerprint density at radius 3 is 1.49 bits per heavy atom. The van der Waals surface area contributed by atoms with Crippen LogP contribution < -0.4 is 5.32 Å². The summed E-state index contributed by atoms with van der Waals surface area (Å²) in [5.74, 6) is -3.06. The number of rotatable bonds is 22. The summed E-state index contributed by atoms with van der Waals surface area (Å²) in [6.07, 6.45) is 14.6. The second kappa shape index (κ2) is 20.9. The molecule has 1 atom stereocenters. The number of carbonyl (C=O) groups is 6. The summed E-state index contributed by atoms with van der Waals surface area (Å²) in [6, 6.07) is -1.05. The van der Waals surface area contributed by atoms with Crippen molar-refractivity contribution in [1.82, 2.24) is 10.4 Å². The molecular weight excluding hydrogens is 580 g/mol. The molecule has 45 heavy (non-hydrogen) atoms. The van der Waals surface area contributed by atoms with Crippen molar-refractivity contribution in [3.63, 3.8) is 0 Å². The van der Waals surface area contributed by atoms with Crippen molar-refractivity contribution >= 4 is 35.6 Å². The molecule has 1 fully saturated rings. The first-order valence-corrected chi connectivity index (χ1v) is 16.9. The first kappa shape index (κ1) is 40.0. The molecule has 0 aliphatic carbocycles. The standard InChI is InChI=1S/C34H58N2O9/c1-33(2,3)43-30(40)21-19-17-15-13-11-9-7-8-10-12-14-16-18-20-27(37)35-26(32(42)44-34(4,5)6)22-25-31(41)45-36-28(38)23-24-29(36)39/h26H,7-25H2,1-6H3,(H,35,37)/t26-/m0/s1. The molecule has 1 rings (SSSR count). The van der Waals surface area contributed by atoms with Crippen LogP contribution in [-0.4, -0.2) is 57.9 Å². The number of unbranched alkanes of at least 4 members (excludes halogenated alkanes) is 12. The summed E-state index contributed by atoms with van der Waals surface area (Å²) in [6.45, 7) is 10.8. The number of nitrogens with zero attached hydrogens (tertiary/aromatic N) is 1. The van der Waals surface area contributed by atoms with E-state index in [-0.39, 0.29) is 44.0 Å². The first-order valence-electron chi connectivity index (χ1n) is 16.9. The van der Waals surface area contributed by atoms with Crippen LogP contribution in [0.4, 0.5) is 0 Å². The zero-order valence-corrected chi connectivity index (χ0v) is 28.6. The van der Waals surface area contributed by atoms with Crippen LogP contribution in [0.15, 0.2) is 0 Å². The number of nitrogens with one attached hydrogen (secondary N) is 1. The number of hydrogen-bond acceptors (Lipinski definition) is 9. The van der Waals surface area contributed by atoms with Gasteiger partial charge in [0, 0.05) is 25.7 Å². The highest BCUT2D eigenvalue weighted by atomic mass is 16.7. The molecular formula is C34H58N2O9. The lowest BCUT2D eigenvalue weighted by Crippen LogP contribution is -2.44. The van der Waals surface area contributed by atoms with E-state index in [0.717, 1.165) is 38.5 Å². The zero-order chi connectivity index (χ0) is 33.9. The SMILES string of the molecule is CC(C)(C)OC(=O)CCCCCCCCCCCCCCCC(=O)N[C@@H](CCC(=O)ON1C(=O)CCC1=O)C(=O)OC(C)(C)C. The molecule has 11 nitrogen and oxygen atoms in total. The van der Waals surface area contributed by atoms with E-state index in [4.69, 9.17) is 14.3 Å². The van der Waals surface area contributed by atoms with Crippen LogP contribution in [0.1, 0.15) is 164 Å². The molecule has 0 bridgehead atoms. The van der Waals surface area contributed by atoms with Crippen molar-refractivity contribution in [2.75, 3.05) is 0 Å². The Balaban J connectivity index is 2.16. The molecule has 0 radical (unpaired) electrons. The molecule has 1 N–H and O–H groups in total. The van der Waals surface area contributed by atoms with E-state index < -0.39 is 41.0 Å². The lowest BCUT2D eigenvalue weighted by atomic mass is 10.0. The molecule has 11 heteroatoms. The second-order valence-corrected chi connectivity index (χ2v) is 13.9. The Kier molecular flexibility index (Phi) is 18.6. The number of esters is 2. The Bertz CT molecular complexity index is 950. The summed E-state index contributed by atoms with van der Waals surface area (Å²) < 4.78 is 10.7. The van der Waals surface area contributed by atoms with Crippen molar-refractivity contribution in [1.29, 1.82) is 0 Å². The lowest BCUT2D eigenvalue weighted by molar-refractivity contribution is -0.197. The zero-order valence-electron chi connectivity index (χ0n) is 28.6. The maximum absolute atomic E-state index is 12.7. The minimum atomic E-state index is -1.05. The van der Waals surface area contributed by atoms with Gasteiger partial charge in [-0.05, 0) is 60.8 Å². The molecule has 1 aliphatic heterocycles. The van der Waals surface area contributed by atoms with Crippen molar-refractivity contribution in [2.24, 2.45) is 0 Å². The van der Waals surface area contributed by atoms with Crippen LogP contribution >= 0.6 is 0 Å². The fourth-order valence-corrected chi connectivity index (χ4v) is 4.85. The van der Waals surface area contributed by atoms with Gasteiger partial charge in [-0.1, -0.05) is 70.6 Å². The number of hydrogen-bond donors (Lipinski definition) is 1. The van der Waals surface area contributed by atoms with Crippen LogP contribution in [0.25, 0.3) is 0 Å². The summed E-state index contributed by atoms with van der Waals surface area (Å²) in [4.78, 5) is 77.4. The smallest absolute Gasteiger partial charge is 0.333 e. The Hall–Kier alpha value is -2.98. The van der Waals surface area contributed by atoms with Gasteiger partial charge in [-0.15, -0.1) is 5.06 Å². The van der Waals surface area contributed by atoms with E-state index in [1.807, 2.05) is 20.8 Å². The van der Waals surface area contributed by atoms with Gasteiger partial charge in [0.1, 0.15) is 17.2 Å². The third kappa shape index (κ3) is 20.6. The summed E-state index contributed by atoms with van der Waals surface area (Å²) in [5, 5.41) is 3.14.